The molecule has 0 spiro atoms. The number of aromatic nitrogens is 2. The predicted molar refractivity (Wildman–Crippen MR) is 83.0 cm³/mol. The number of hydrogen-bond donors (Lipinski definition) is 0. The average Bonchev–Trinajstić information content (AvgIpc) is 2.99. The summed E-state index contributed by atoms with van der Waals surface area (Å²) in [6.45, 7) is 5.56. The van der Waals surface area contributed by atoms with Gasteiger partial charge in [0.25, 0.3) is 0 Å². The van der Waals surface area contributed by atoms with Crippen LogP contribution < -0.4 is 4.90 Å². The van der Waals surface area contributed by atoms with Crippen molar-refractivity contribution in [2.24, 2.45) is 0 Å². The van der Waals surface area contributed by atoms with Gasteiger partial charge in [-0.1, -0.05) is 0 Å². The average molecular weight is 303 g/mol. The highest BCUT2D eigenvalue weighted by Crippen LogP contribution is 2.26. The van der Waals surface area contributed by atoms with Crippen molar-refractivity contribution in [1.29, 1.82) is 0 Å². The van der Waals surface area contributed by atoms with Crippen LogP contribution in [0.5, 0.6) is 0 Å². The van der Waals surface area contributed by atoms with Gasteiger partial charge in [0, 0.05) is 30.2 Å². The molecule has 0 saturated carbocycles. The molecule has 0 radical (unpaired) electrons. The summed E-state index contributed by atoms with van der Waals surface area (Å²) in [5.41, 5.74) is 4.10. The molecule has 1 saturated heterocycles. The molecule has 2 aromatic rings. The normalized spacial score (nSPS) is 22.3. The van der Waals surface area contributed by atoms with Crippen LogP contribution in [0.1, 0.15) is 24.2 Å². The van der Waals surface area contributed by atoms with Crippen LogP contribution in [0.4, 0.5) is 5.82 Å². The van der Waals surface area contributed by atoms with Crippen molar-refractivity contribution < 1.29 is 9.53 Å². The standard InChI is InChI=1S/C15H17N3O2S/c1-10-5-18(6-11(2)20-10)15-13(7-19)3-12(4-16-15)14-8-21-9-17-14/h3-4,7-11H,5-6H2,1-2H3/t10-,11+. The zero-order valence-electron chi connectivity index (χ0n) is 12.0. The Morgan fingerprint density at radius 2 is 2.10 bits per heavy atom. The molecular weight excluding hydrogens is 286 g/mol. The third-order valence-electron chi connectivity index (χ3n) is 3.47. The van der Waals surface area contributed by atoms with Crippen molar-refractivity contribution in [3.8, 4) is 11.3 Å². The van der Waals surface area contributed by atoms with E-state index in [1.54, 1.807) is 11.7 Å². The molecule has 0 aromatic carbocycles. The Bertz CT molecular complexity index is 620. The first-order chi connectivity index (χ1) is 10.2. The zero-order chi connectivity index (χ0) is 14.8. The Balaban J connectivity index is 1.94. The summed E-state index contributed by atoms with van der Waals surface area (Å²) in [7, 11) is 0. The molecule has 110 valence electrons. The van der Waals surface area contributed by atoms with Gasteiger partial charge in [-0.15, -0.1) is 11.3 Å². The second-order valence-corrected chi connectivity index (χ2v) is 6.01. The Morgan fingerprint density at radius 3 is 2.71 bits per heavy atom. The first-order valence-electron chi connectivity index (χ1n) is 6.91. The fraction of sp³-hybridized carbons (Fsp3) is 0.400. The number of ether oxygens (including phenoxy) is 1. The monoisotopic (exact) mass is 303 g/mol. The maximum absolute atomic E-state index is 11.4. The van der Waals surface area contributed by atoms with Crippen LogP contribution >= 0.6 is 11.3 Å². The Kier molecular flexibility index (Phi) is 3.98. The first-order valence-corrected chi connectivity index (χ1v) is 7.86. The molecule has 0 aliphatic carbocycles. The lowest BCUT2D eigenvalue weighted by molar-refractivity contribution is -0.00549. The molecule has 0 bridgehead atoms. The van der Waals surface area contributed by atoms with E-state index in [1.807, 2.05) is 25.3 Å². The summed E-state index contributed by atoms with van der Waals surface area (Å²) in [5, 5.41) is 1.95. The van der Waals surface area contributed by atoms with E-state index in [2.05, 4.69) is 14.9 Å². The van der Waals surface area contributed by atoms with E-state index in [-0.39, 0.29) is 12.2 Å². The van der Waals surface area contributed by atoms with Gasteiger partial charge >= 0.3 is 0 Å². The molecule has 3 rings (SSSR count). The number of carbonyl (C=O) groups excluding carboxylic acids is 1. The number of hydrogen-bond acceptors (Lipinski definition) is 6. The summed E-state index contributed by atoms with van der Waals surface area (Å²) in [4.78, 5) is 22.3. The first kappa shape index (κ1) is 14.2. The number of carbonyl (C=O) groups is 1. The fourth-order valence-corrected chi connectivity index (χ4v) is 3.23. The summed E-state index contributed by atoms with van der Waals surface area (Å²) in [5.74, 6) is 0.728. The summed E-state index contributed by atoms with van der Waals surface area (Å²) in [6.07, 6.45) is 2.91. The van der Waals surface area contributed by atoms with Crippen LogP contribution in [-0.4, -0.2) is 41.6 Å². The molecule has 1 fully saturated rings. The van der Waals surface area contributed by atoms with Gasteiger partial charge in [0.05, 0.1) is 29.0 Å². The van der Waals surface area contributed by atoms with Gasteiger partial charge in [-0.3, -0.25) is 4.79 Å². The van der Waals surface area contributed by atoms with Gasteiger partial charge in [-0.2, -0.15) is 0 Å². The van der Waals surface area contributed by atoms with Crippen molar-refractivity contribution in [2.45, 2.75) is 26.1 Å². The van der Waals surface area contributed by atoms with Gasteiger partial charge in [0.1, 0.15) is 5.82 Å². The van der Waals surface area contributed by atoms with Crippen molar-refractivity contribution >= 4 is 23.4 Å². The SMILES string of the molecule is C[C@@H]1CN(c2ncc(-c3cscn3)cc2C=O)C[C@H](C)O1. The van der Waals surface area contributed by atoms with Gasteiger partial charge in [-0.25, -0.2) is 9.97 Å². The number of aldehydes is 1. The van der Waals surface area contributed by atoms with Gasteiger partial charge in [0.2, 0.25) is 0 Å². The minimum absolute atomic E-state index is 0.133. The van der Waals surface area contributed by atoms with Crippen LogP contribution in [0.2, 0.25) is 0 Å². The minimum Gasteiger partial charge on any atom is -0.372 e. The molecule has 5 nitrogen and oxygen atoms in total. The largest absolute Gasteiger partial charge is 0.372 e. The van der Waals surface area contributed by atoms with Crippen molar-refractivity contribution in [2.75, 3.05) is 18.0 Å². The number of anilines is 1. The predicted octanol–water partition coefficient (Wildman–Crippen LogP) is 2.63. The summed E-state index contributed by atoms with van der Waals surface area (Å²) < 4.78 is 5.73. The Morgan fingerprint density at radius 1 is 1.33 bits per heavy atom. The molecule has 3 heterocycles. The van der Waals surface area contributed by atoms with E-state index in [0.29, 0.717) is 5.56 Å². The van der Waals surface area contributed by atoms with Crippen LogP contribution in [0.3, 0.4) is 0 Å². The lowest BCUT2D eigenvalue weighted by atomic mass is 10.1. The van der Waals surface area contributed by atoms with E-state index < -0.39 is 0 Å². The van der Waals surface area contributed by atoms with E-state index in [0.717, 1.165) is 36.5 Å². The van der Waals surface area contributed by atoms with Crippen LogP contribution in [0.15, 0.2) is 23.2 Å². The molecule has 1 aliphatic heterocycles. The van der Waals surface area contributed by atoms with Crippen LogP contribution in [-0.2, 0) is 4.74 Å². The zero-order valence-corrected chi connectivity index (χ0v) is 12.8. The molecule has 6 heteroatoms. The Hall–Kier alpha value is -1.79. The third kappa shape index (κ3) is 2.96. The molecule has 0 amide bonds. The Labute approximate surface area is 127 Å². The highest BCUT2D eigenvalue weighted by Gasteiger charge is 2.25. The molecular formula is C15H17N3O2S. The number of morpholine rings is 1. The van der Waals surface area contributed by atoms with Crippen LogP contribution in [0, 0.1) is 0 Å². The van der Waals surface area contributed by atoms with Crippen molar-refractivity contribution in [3.63, 3.8) is 0 Å². The molecule has 0 unspecified atom stereocenters. The maximum atomic E-state index is 11.4. The van der Waals surface area contributed by atoms with E-state index in [1.165, 1.54) is 11.3 Å². The molecule has 1 aliphatic rings. The van der Waals surface area contributed by atoms with E-state index in [9.17, 15) is 4.79 Å². The quantitative estimate of drug-likeness (QED) is 0.816. The topological polar surface area (TPSA) is 55.3 Å². The number of nitrogens with zero attached hydrogens (tertiary/aromatic N) is 3. The minimum atomic E-state index is 0.133. The molecule has 2 aromatic heterocycles. The highest BCUT2D eigenvalue weighted by atomic mass is 32.1. The highest BCUT2D eigenvalue weighted by molar-refractivity contribution is 7.07. The third-order valence-corrected chi connectivity index (χ3v) is 4.06. The lowest BCUT2D eigenvalue weighted by Gasteiger charge is -2.36. The maximum Gasteiger partial charge on any atom is 0.153 e. The van der Waals surface area contributed by atoms with Crippen molar-refractivity contribution in [3.05, 3.63) is 28.7 Å². The van der Waals surface area contributed by atoms with Crippen LogP contribution in [0.25, 0.3) is 11.3 Å². The number of rotatable bonds is 3. The summed E-state index contributed by atoms with van der Waals surface area (Å²) >= 11 is 1.53. The molecule has 21 heavy (non-hydrogen) atoms. The summed E-state index contributed by atoms with van der Waals surface area (Å²) in [6, 6.07) is 1.86. The smallest absolute Gasteiger partial charge is 0.153 e. The van der Waals surface area contributed by atoms with E-state index >= 15 is 0 Å². The van der Waals surface area contributed by atoms with Gasteiger partial charge < -0.3 is 9.64 Å². The van der Waals surface area contributed by atoms with E-state index in [4.69, 9.17) is 4.74 Å². The second kappa shape index (κ2) is 5.91. The number of thiazole rings is 1. The second-order valence-electron chi connectivity index (χ2n) is 5.29. The van der Waals surface area contributed by atoms with Gasteiger partial charge in [-0.05, 0) is 19.9 Å². The van der Waals surface area contributed by atoms with Gasteiger partial charge in [0.15, 0.2) is 6.29 Å². The molecule has 0 N–H and O–H groups in total. The molecule has 2 atom stereocenters. The lowest BCUT2D eigenvalue weighted by Crippen LogP contribution is -2.46. The van der Waals surface area contributed by atoms with Crippen molar-refractivity contribution in [1.82, 2.24) is 9.97 Å². The fourth-order valence-electron chi connectivity index (χ4n) is 2.67. The number of pyridine rings is 1.